The number of hydrogen-bond acceptors (Lipinski definition) is 3. The maximum absolute atomic E-state index is 3.43. The molecule has 0 aliphatic carbocycles. The fourth-order valence-corrected chi connectivity index (χ4v) is 2.23. The summed E-state index contributed by atoms with van der Waals surface area (Å²) in [5.41, 5.74) is 0. The van der Waals surface area contributed by atoms with Crippen molar-refractivity contribution in [1.29, 1.82) is 0 Å². The fourth-order valence-electron chi connectivity index (χ4n) is 2.23. The average Bonchev–Trinajstić information content (AvgIpc) is 2.27. The Morgan fingerprint density at radius 1 is 1.13 bits per heavy atom. The van der Waals surface area contributed by atoms with Gasteiger partial charge in [-0.2, -0.15) is 0 Å². The molecule has 3 nitrogen and oxygen atoms in total. The highest BCUT2D eigenvalue weighted by Crippen LogP contribution is 2.06. The molecule has 1 aliphatic rings. The van der Waals surface area contributed by atoms with Gasteiger partial charge >= 0.3 is 0 Å². The zero-order valence-corrected chi connectivity index (χ0v) is 10.6. The third-order valence-electron chi connectivity index (χ3n) is 3.26. The highest BCUT2D eigenvalue weighted by molar-refractivity contribution is 4.77. The Morgan fingerprint density at radius 2 is 1.80 bits per heavy atom. The van der Waals surface area contributed by atoms with Crippen LogP contribution in [0.25, 0.3) is 0 Å². The first kappa shape index (κ1) is 12.9. The van der Waals surface area contributed by atoms with Gasteiger partial charge in [-0.05, 0) is 26.4 Å². The van der Waals surface area contributed by atoms with Crippen molar-refractivity contribution < 1.29 is 0 Å². The van der Waals surface area contributed by atoms with Crippen molar-refractivity contribution in [3.8, 4) is 0 Å². The minimum Gasteiger partial charge on any atom is -0.315 e. The Bertz CT molecular complexity index is 153. The summed E-state index contributed by atoms with van der Waals surface area (Å²) < 4.78 is 0. The van der Waals surface area contributed by atoms with Gasteiger partial charge in [0.05, 0.1) is 0 Å². The molecule has 0 spiro atoms. The smallest absolute Gasteiger partial charge is 0.0193 e. The molecular formula is C12H27N3. The summed E-state index contributed by atoms with van der Waals surface area (Å²) in [6, 6.07) is 0.689. The molecule has 1 fully saturated rings. The molecular weight excluding hydrogens is 186 g/mol. The summed E-state index contributed by atoms with van der Waals surface area (Å²) in [6.45, 7) is 15.2. The summed E-state index contributed by atoms with van der Waals surface area (Å²) in [5.74, 6) is 0. The summed E-state index contributed by atoms with van der Waals surface area (Å²) in [5, 5.41) is 3.43. The summed E-state index contributed by atoms with van der Waals surface area (Å²) in [6.07, 6.45) is 1.28. The molecule has 1 atom stereocenters. The van der Waals surface area contributed by atoms with Gasteiger partial charge in [-0.25, -0.2) is 0 Å². The highest BCUT2D eigenvalue weighted by Gasteiger charge is 2.19. The van der Waals surface area contributed by atoms with Gasteiger partial charge in [-0.15, -0.1) is 0 Å². The summed E-state index contributed by atoms with van der Waals surface area (Å²) >= 11 is 0. The van der Waals surface area contributed by atoms with Crippen LogP contribution in [0.1, 0.15) is 27.2 Å². The first-order valence-electron chi connectivity index (χ1n) is 6.45. The topological polar surface area (TPSA) is 18.5 Å². The molecule has 1 rings (SSSR count). The SMILES string of the molecule is CCCN1CCN(C(C)CNCC)CC1. The van der Waals surface area contributed by atoms with Crippen LogP contribution < -0.4 is 5.32 Å². The fraction of sp³-hybridized carbons (Fsp3) is 1.00. The molecule has 0 saturated carbocycles. The maximum atomic E-state index is 3.43. The van der Waals surface area contributed by atoms with Gasteiger partial charge in [0.2, 0.25) is 0 Å². The summed E-state index contributed by atoms with van der Waals surface area (Å²) in [4.78, 5) is 5.19. The lowest BCUT2D eigenvalue weighted by molar-refractivity contribution is 0.102. The van der Waals surface area contributed by atoms with Gasteiger partial charge in [0.15, 0.2) is 0 Å². The largest absolute Gasteiger partial charge is 0.315 e. The quantitative estimate of drug-likeness (QED) is 0.710. The van der Waals surface area contributed by atoms with Crippen molar-refractivity contribution in [1.82, 2.24) is 15.1 Å². The maximum Gasteiger partial charge on any atom is 0.0193 e. The molecule has 0 aromatic rings. The molecule has 90 valence electrons. The molecule has 0 radical (unpaired) electrons. The molecule has 0 amide bonds. The van der Waals surface area contributed by atoms with Gasteiger partial charge in [-0.1, -0.05) is 13.8 Å². The Hall–Kier alpha value is -0.120. The Labute approximate surface area is 94.8 Å². The Balaban J connectivity index is 2.18. The number of likely N-dealkylation sites (N-methyl/N-ethyl adjacent to an activating group) is 1. The van der Waals surface area contributed by atoms with E-state index < -0.39 is 0 Å². The number of hydrogen-bond donors (Lipinski definition) is 1. The number of nitrogens with zero attached hydrogens (tertiary/aromatic N) is 2. The normalized spacial score (nSPS) is 21.8. The number of rotatable bonds is 6. The van der Waals surface area contributed by atoms with E-state index in [1.807, 2.05) is 0 Å². The van der Waals surface area contributed by atoms with E-state index in [2.05, 4.69) is 35.9 Å². The van der Waals surface area contributed by atoms with E-state index >= 15 is 0 Å². The third-order valence-corrected chi connectivity index (χ3v) is 3.26. The van der Waals surface area contributed by atoms with E-state index in [1.54, 1.807) is 0 Å². The first-order valence-corrected chi connectivity index (χ1v) is 6.45. The van der Waals surface area contributed by atoms with Gasteiger partial charge in [0, 0.05) is 38.8 Å². The molecule has 1 saturated heterocycles. The predicted octanol–water partition coefficient (Wildman–Crippen LogP) is 1.01. The average molecular weight is 213 g/mol. The monoisotopic (exact) mass is 213 g/mol. The first-order chi connectivity index (χ1) is 7.27. The number of nitrogens with one attached hydrogen (secondary N) is 1. The van der Waals surface area contributed by atoms with Gasteiger partial charge < -0.3 is 10.2 Å². The lowest BCUT2D eigenvalue weighted by Crippen LogP contribution is -2.51. The minimum absolute atomic E-state index is 0.689. The molecule has 15 heavy (non-hydrogen) atoms. The van der Waals surface area contributed by atoms with Crippen LogP contribution >= 0.6 is 0 Å². The molecule has 3 heteroatoms. The second-order valence-corrected chi connectivity index (χ2v) is 4.53. The molecule has 0 bridgehead atoms. The van der Waals surface area contributed by atoms with Crippen LogP contribution in [0.5, 0.6) is 0 Å². The van der Waals surface area contributed by atoms with Crippen molar-refractivity contribution in [3.05, 3.63) is 0 Å². The van der Waals surface area contributed by atoms with E-state index in [9.17, 15) is 0 Å². The van der Waals surface area contributed by atoms with E-state index in [-0.39, 0.29) is 0 Å². The molecule has 0 aromatic heterocycles. The van der Waals surface area contributed by atoms with Crippen molar-refractivity contribution in [2.24, 2.45) is 0 Å². The van der Waals surface area contributed by atoms with E-state index in [0.717, 1.165) is 13.1 Å². The second kappa shape index (κ2) is 7.20. The Kier molecular flexibility index (Phi) is 6.22. The van der Waals surface area contributed by atoms with Gasteiger partial charge in [-0.3, -0.25) is 4.90 Å². The lowest BCUT2D eigenvalue weighted by atomic mass is 10.2. The van der Waals surface area contributed by atoms with Crippen molar-refractivity contribution in [2.75, 3.05) is 45.8 Å². The summed E-state index contributed by atoms with van der Waals surface area (Å²) in [7, 11) is 0. The molecule has 1 aliphatic heterocycles. The second-order valence-electron chi connectivity index (χ2n) is 4.53. The van der Waals surface area contributed by atoms with Crippen LogP contribution in [0.2, 0.25) is 0 Å². The predicted molar refractivity (Wildman–Crippen MR) is 66.3 cm³/mol. The van der Waals surface area contributed by atoms with Crippen LogP contribution in [0.3, 0.4) is 0 Å². The standard InChI is InChI=1S/C12H27N3/c1-4-6-14-7-9-15(10-8-14)12(3)11-13-5-2/h12-13H,4-11H2,1-3H3. The molecule has 1 N–H and O–H groups in total. The van der Waals surface area contributed by atoms with E-state index in [0.29, 0.717) is 6.04 Å². The lowest BCUT2D eigenvalue weighted by Gasteiger charge is -2.38. The molecule has 1 heterocycles. The van der Waals surface area contributed by atoms with Crippen molar-refractivity contribution in [3.63, 3.8) is 0 Å². The zero-order chi connectivity index (χ0) is 11.1. The van der Waals surface area contributed by atoms with Crippen LogP contribution in [-0.2, 0) is 0 Å². The van der Waals surface area contributed by atoms with Crippen LogP contribution in [0.15, 0.2) is 0 Å². The minimum atomic E-state index is 0.689. The third kappa shape index (κ3) is 4.49. The van der Waals surface area contributed by atoms with Crippen molar-refractivity contribution in [2.45, 2.75) is 33.2 Å². The van der Waals surface area contributed by atoms with Gasteiger partial charge in [0.25, 0.3) is 0 Å². The Morgan fingerprint density at radius 3 is 2.33 bits per heavy atom. The van der Waals surface area contributed by atoms with Gasteiger partial charge in [0.1, 0.15) is 0 Å². The van der Waals surface area contributed by atoms with E-state index in [4.69, 9.17) is 0 Å². The molecule has 1 unspecified atom stereocenters. The van der Waals surface area contributed by atoms with Crippen LogP contribution in [0, 0.1) is 0 Å². The highest BCUT2D eigenvalue weighted by atomic mass is 15.3. The molecule has 0 aromatic carbocycles. The number of piperazine rings is 1. The van der Waals surface area contributed by atoms with E-state index in [1.165, 1.54) is 39.1 Å². The van der Waals surface area contributed by atoms with Crippen LogP contribution in [0.4, 0.5) is 0 Å². The van der Waals surface area contributed by atoms with Crippen LogP contribution in [-0.4, -0.2) is 61.7 Å². The zero-order valence-electron chi connectivity index (χ0n) is 10.6. The van der Waals surface area contributed by atoms with Crippen molar-refractivity contribution >= 4 is 0 Å².